The third-order valence-electron chi connectivity index (χ3n) is 3.76. The lowest BCUT2D eigenvalue weighted by molar-refractivity contribution is 0.956. The van der Waals surface area contributed by atoms with Crippen molar-refractivity contribution in [1.82, 2.24) is 14.5 Å². The van der Waals surface area contributed by atoms with Crippen LogP contribution in [0.5, 0.6) is 0 Å². The number of hydrogen-bond donors (Lipinski definition) is 1. The summed E-state index contributed by atoms with van der Waals surface area (Å²) in [6, 6.07) is 12.4. The average Bonchev–Trinajstić information content (AvgIpc) is 2.98. The molecule has 0 fully saturated rings. The van der Waals surface area contributed by atoms with Gasteiger partial charge < -0.3 is 10.3 Å². The maximum atomic E-state index is 5.78. The smallest absolute Gasteiger partial charge is 0.181 e. The minimum atomic E-state index is 0.600. The van der Waals surface area contributed by atoms with Crippen LogP contribution in [-0.2, 0) is 7.05 Å². The number of nitrogens with two attached hydrogens (primary N) is 1. The van der Waals surface area contributed by atoms with E-state index in [9.17, 15) is 0 Å². The van der Waals surface area contributed by atoms with Crippen molar-refractivity contribution in [3.63, 3.8) is 0 Å². The number of imidazole rings is 1. The summed E-state index contributed by atoms with van der Waals surface area (Å²) in [4.78, 5) is 9.07. The highest BCUT2D eigenvalue weighted by Gasteiger charge is 2.12. The lowest BCUT2D eigenvalue weighted by Crippen LogP contribution is -1.93. The van der Waals surface area contributed by atoms with E-state index in [0.29, 0.717) is 5.13 Å². The zero-order valence-corrected chi connectivity index (χ0v) is 12.6. The SMILES string of the molecule is Cc1cccc2nc(-c3ccc4nc(N)sc4c3)n(C)c12. The van der Waals surface area contributed by atoms with Crippen molar-refractivity contribution >= 4 is 37.7 Å². The summed E-state index contributed by atoms with van der Waals surface area (Å²) in [5, 5.41) is 0.600. The first-order valence-corrected chi connectivity index (χ1v) is 7.53. The van der Waals surface area contributed by atoms with Crippen LogP contribution in [-0.4, -0.2) is 14.5 Å². The molecule has 4 nitrogen and oxygen atoms in total. The fourth-order valence-corrected chi connectivity index (χ4v) is 3.58. The van der Waals surface area contributed by atoms with Gasteiger partial charge in [0.2, 0.25) is 0 Å². The second kappa shape index (κ2) is 4.30. The molecule has 104 valence electrons. The Bertz CT molecular complexity index is 981. The number of thiazole rings is 1. The summed E-state index contributed by atoms with van der Waals surface area (Å²) in [6.07, 6.45) is 0. The van der Waals surface area contributed by atoms with Crippen LogP contribution in [0, 0.1) is 6.92 Å². The summed E-state index contributed by atoms with van der Waals surface area (Å²) in [7, 11) is 2.06. The van der Waals surface area contributed by atoms with E-state index in [4.69, 9.17) is 10.7 Å². The molecule has 21 heavy (non-hydrogen) atoms. The van der Waals surface area contributed by atoms with Crippen LogP contribution < -0.4 is 5.73 Å². The van der Waals surface area contributed by atoms with Crippen molar-refractivity contribution in [2.75, 3.05) is 5.73 Å². The molecule has 2 heterocycles. The molecule has 0 saturated heterocycles. The Balaban J connectivity index is 1.99. The Morgan fingerprint density at radius 2 is 1.95 bits per heavy atom. The molecule has 2 N–H and O–H groups in total. The van der Waals surface area contributed by atoms with E-state index >= 15 is 0 Å². The van der Waals surface area contributed by atoms with Gasteiger partial charge in [0.1, 0.15) is 5.82 Å². The Morgan fingerprint density at radius 3 is 2.76 bits per heavy atom. The van der Waals surface area contributed by atoms with Gasteiger partial charge in [0, 0.05) is 12.6 Å². The van der Waals surface area contributed by atoms with Crippen molar-refractivity contribution < 1.29 is 0 Å². The van der Waals surface area contributed by atoms with Crippen LogP contribution in [0.25, 0.3) is 32.6 Å². The number of rotatable bonds is 1. The highest BCUT2D eigenvalue weighted by molar-refractivity contribution is 7.22. The van der Waals surface area contributed by atoms with Gasteiger partial charge in [-0.2, -0.15) is 0 Å². The van der Waals surface area contributed by atoms with Gasteiger partial charge in [-0.3, -0.25) is 0 Å². The maximum Gasteiger partial charge on any atom is 0.181 e. The third kappa shape index (κ3) is 1.81. The molecule has 0 unspecified atom stereocenters. The van der Waals surface area contributed by atoms with E-state index in [2.05, 4.69) is 47.8 Å². The number of nitrogens with zero attached hydrogens (tertiary/aromatic N) is 3. The largest absolute Gasteiger partial charge is 0.375 e. The van der Waals surface area contributed by atoms with E-state index in [1.54, 1.807) is 0 Å². The van der Waals surface area contributed by atoms with Gasteiger partial charge in [-0.15, -0.1) is 0 Å². The third-order valence-corrected chi connectivity index (χ3v) is 4.61. The molecule has 0 spiro atoms. The van der Waals surface area contributed by atoms with E-state index in [1.807, 2.05) is 12.1 Å². The van der Waals surface area contributed by atoms with Crippen LogP contribution in [0.3, 0.4) is 0 Å². The summed E-state index contributed by atoms with van der Waals surface area (Å²) in [5.41, 5.74) is 11.2. The van der Waals surface area contributed by atoms with Crippen molar-refractivity contribution in [2.24, 2.45) is 7.05 Å². The molecule has 4 rings (SSSR count). The van der Waals surface area contributed by atoms with Crippen molar-refractivity contribution in [3.05, 3.63) is 42.0 Å². The van der Waals surface area contributed by atoms with Crippen molar-refractivity contribution in [2.45, 2.75) is 6.92 Å². The van der Waals surface area contributed by atoms with Crippen LogP contribution >= 0.6 is 11.3 Å². The van der Waals surface area contributed by atoms with Gasteiger partial charge in [0.25, 0.3) is 0 Å². The van der Waals surface area contributed by atoms with Crippen LogP contribution in [0.15, 0.2) is 36.4 Å². The van der Waals surface area contributed by atoms with Crippen molar-refractivity contribution in [1.29, 1.82) is 0 Å². The van der Waals surface area contributed by atoms with E-state index < -0.39 is 0 Å². The molecule has 0 aliphatic rings. The molecule has 0 bridgehead atoms. The number of aromatic nitrogens is 3. The number of fused-ring (bicyclic) bond motifs is 2. The molecule has 0 aliphatic carbocycles. The predicted molar refractivity (Wildman–Crippen MR) is 88.5 cm³/mol. The Morgan fingerprint density at radius 1 is 1.10 bits per heavy atom. The quantitative estimate of drug-likeness (QED) is 0.582. The first-order chi connectivity index (χ1) is 10.1. The molecule has 2 aromatic heterocycles. The first-order valence-electron chi connectivity index (χ1n) is 6.72. The zero-order valence-electron chi connectivity index (χ0n) is 11.8. The molecule has 0 radical (unpaired) electrons. The fourth-order valence-electron chi connectivity index (χ4n) is 2.80. The molecule has 2 aromatic carbocycles. The van der Waals surface area contributed by atoms with E-state index in [0.717, 1.165) is 27.1 Å². The molecule has 4 aromatic rings. The van der Waals surface area contributed by atoms with E-state index in [1.165, 1.54) is 22.4 Å². The molecule has 5 heteroatoms. The summed E-state index contributed by atoms with van der Waals surface area (Å²) < 4.78 is 3.24. The van der Waals surface area contributed by atoms with Gasteiger partial charge in [0.15, 0.2) is 5.13 Å². The minimum Gasteiger partial charge on any atom is -0.375 e. The molecule has 0 saturated carbocycles. The predicted octanol–water partition coefficient (Wildman–Crippen LogP) is 3.74. The number of anilines is 1. The first kappa shape index (κ1) is 12.3. The van der Waals surface area contributed by atoms with E-state index in [-0.39, 0.29) is 0 Å². The zero-order chi connectivity index (χ0) is 14.6. The Labute approximate surface area is 125 Å². The minimum absolute atomic E-state index is 0.600. The average molecular weight is 294 g/mol. The lowest BCUT2D eigenvalue weighted by atomic mass is 10.2. The maximum absolute atomic E-state index is 5.78. The van der Waals surface area contributed by atoms with Gasteiger partial charge in [-0.1, -0.05) is 23.5 Å². The molecule has 0 atom stereocenters. The summed E-state index contributed by atoms with van der Waals surface area (Å²) in [6.45, 7) is 2.11. The second-order valence-corrected chi connectivity index (χ2v) is 6.23. The molecule has 0 amide bonds. The number of hydrogen-bond acceptors (Lipinski definition) is 4. The number of para-hydroxylation sites is 1. The monoisotopic (exact) mass is 294 g/mol. The van der Waals surface area contributed by atoms with Gasteiger partial charge >= 0.3 is 0 Å². The number of benzene rings is 2. The normalized spacial score (nSPS) is 11.5. The summed E-state index contributed by atoms with van der Waals surface area (Å²) in [5.74, 6) is 0.966. The van der Waals surface area contributed by atoms with Crippen LogP contribution in [0.2, 0.25) is 0 Å². The fraction of sp³-hybridized carbons (Fsp3) is 0.125. The standard InChI is InChI=1S/C16H14N4S/c1-9-4-3-5-12-14(9)20(2)15(18-12)10-6-7-11-13(8-10)21-16(17)19-11/h3-8H,1-2H3,(H2,17,19). The Kier molecular flexibility index (Phi) is 2.53. The number of nitrogen functional groups attached to an aromatic ring is 1. The Hall–Kier alpha value is -2.40. The topological polar surface area (TPSA) is 56.7 Å². The van der Waals surface area contributed by atoms with Crippen LogP contribution in [0.4, 0.5) is 5.13 Å². The van der Waals surface area contributed by atoms with Gasteiger partial charge in [0.05, 0.1) is 21.3 Å². The van der Waals surface area contributed by atoms with Crippen molar-refractivity contribution in [3.8, 4) is 11.4 Å². The second-order valence-electron chi connectivity index (χ2n) is 5.17. The lowest BCUT2D eigenvalue weighted by Gasteiger charge is -2.03. The highest BCUT2D eigenvalue weighted by atomic mass is 32.1. The molecular formula is C16H14N4S. The highest BCUT2D eigenvalue weighted by Crippen LogP contribution is 2.30. The summed E-state index contributed by atoms with van der Waals surface area (Å²) >= 11 is 1.51. The van der Waals surface area contributed by atoms with Gasteiger partial charge in [-0.25, -0.2) is 9.97 Å². The van der Waals surface area contributed by atoms with Gasteiger partial charge in [-0.05, 0) is 36.8 Å². The molecular weight excluding hydrogens is 280 g/mol. The number of aryl methyl sites for hydroxylation is 2. The van der Waals surface area contributed by atoms with Crippen LogP contribution in [0.1, 0.15) is 5.56 Å². The molecule has 0 aliphatic heterocycles.